The molecule has 31 heavy (non-hydrogen) atoms. The molecular weight excluding hydrogens is 399 g/mol. The molecule has 0 bridgehead atoms. The molecule has 3 rings (SSSR count). The van der Waals surface area contributed by atoms with Gasteiger partial charge in [-0.05, 0) is 73.0 Å². The van der Waals surface area contributed by atoms with Crippen molar-refractivity contribution < 1.29 is 28.1 Å². The molecule has 0 saturated heterocycles. The second kappa shape index (κ2) is 11.0. The zero-order valence-electron chi connectivity index (χ0n) is 17.6. The van der Waals surface area contributed by atoms with Crippen LogP contribution in [-0.2, 0) is 22.6 Å². The Bertz CT molecular complexity index is 1000. The van der Waals surface area contributed by atoms with E-state index < -0.39 is 5.82 Å². The van der Waals surface area contributed by atoms with Gasteiger partial charge in [-0.2, -0.15) is 0 Å². The average Bonchev–Trinajstić information content (AvgIpc) is 2.78. The molecule has 0 saturated carbocycles. The lowest BCUT2D eigenvalue weighted by Gasteiger charge is -2.11. The Kier molecular flexibility index (Phi) is 7.87. The van der Waals surface area contributed by atoms with Gasteiger partial charge in [0.1, 0.15) is 23.9 Å². The maximum atomic E-state index is 14.4. The fraction of sp³-hybridized carbons (Fsp3) is 0.240. The summed E-state index contributed by atoms with van der Waals surface area (Å²) in [4.78, 5) is 11.4. The highest BCUT2D eigenvalue weighted by molar-refractivity contribution is 5.69. The zero-order valence-corrected chi connectivity index (χ0v) is 17.6. The number of hydrogen-bond donors (Lipinski definition) is 0. The number of carbonyl (C=O) groups excluding carboxylic acids is 1. The smallest absolute Gasteiger partial charge is 0.306 e. The fourth-order valence-electron chi connectivity index (χ4n) is 2.94. The normalized spacial score (nSPS) is 10.4. The van der Waals surface area contributed by atoms with Crippen molar-refractivity contribution in [1.82, 2.24) is 0 Å². The van der Waals surface area contributed by atoms with Crippen LogP contribution in [0, 0.1) is 5.82 Å². The highest BCUT2D eigenvalue weighted by atomic mass is 19.1. The molecule has 0 aromatic heterocycles. The molecule has 0 N–H and O–H groups in total. The van der Waals surface area contributed by atoms with Gasteiger partial charge in [-0.25, -0.2) is 4.39 Å². The van der Waals surface area contributed by atoms with E-state index in [1.54, 1.807) is 26.2 Å². The van der Waals surface area contributed by atoms with Crippen LogP contribution in [0.25, 0.3) is 0 Å². The van der Waals surface area contributed by atoms with Gasteiger partial charge in [0.25, 0.3) is 0 Å². The number of benzene rings is 3. The van der Waals surface area contributed by atoms with Crippen LogP contribution in [0.1, 0.15) is 24.5 Å². The number of carbonyl (C=O) groups is 1. The van der Waals surface area contributed by atoms with Crippen molar-refractivity contribution in [3.8, 4) is 23.0 Å². The van der Waals surface area contributed by atoms with Gasteiger partial charge in [-0.1, -0.05) is 18.2 Å². The molecule has 0 amide bonds. The van der Waals surface area contributed by atoms with Crippen molar-refractivity contribution in [3.63, 3.8) is 0 Å². The molecule has 0 heterocycles. The van der Waals surface area contributed by atoms with Gasteiger partial charge in [0.15, 0.2) is 11.6 Å². The van der Waals surface area contributed by atoms with Gasteiger partial charge in [-0.3, -0.25) is 4.79 Å². The number of halogens is 1. The highest BCUT2D eigenvalue weighted by Gasteiger charge is 2.08. The van der Waals surface area contributed by atoms with Gasteiger partial charge in [0, 0.05) is 6.42 Å². The first-order chi connectivity index (χ1) is 15.1. The monoisotopic (exact) mass is 424 g/mol. The van der Waals surface area contributed by atoms with Crippen LogP contribution >= 0.6 is 0 Å². The van der Waals surface area contributed by atoms with Crippen LogP contribution in [0.3, 0.4) is 0 Å². The standard InChI is InChI=1S/C25H25FO5/c1-3-29-25(27)14-8-18-7-13-24(23(26)16-18)30-17-19-5-4-6-22(15-19)31-21-11-9-20(28-2)10-12-21/h4-7,9-13,15-16H,3,8,14,17H2,1-2H3. The van der Waals surface area contributed by atoms with E-state index in [1.165, 1.54) is 6.07 Å². The SMILES string of the molecule is CCOC(=O)CCc1ccc(OCc2cccc(Oc3ccc(OC)cc3)c2)c(F)c1. The van der Waals surface area contributed by atoms with Crippen molar-refractivity contribution in [1.29, 1.82) is 0 Å². The number of hydrogen-bond acceptors (Lipinski definition) is 5. The molecule has 0 spiro atoms. The molecule has 0 atom stereocenters. The Balaban J connectivity index is 1.57. The van der Waals surface area contributed by atoms with Crippen LogP contribution < -0.4 is 14.2 Å². The largest absolute Gasteiger partial charge is 0.497 e. The van der Waals surface area contributed by atoms with Gasteiger partial charge < -0.3 is 18.9 Å². The lowest BCUT2D eigenvalue weighted by atomic mass is 10.1. The predicted octanol–water partition coefficient (Wildman–Crippen LogP) is 5.70. The summed E-state index contributed by atoms with van der Waals surface area (Å²) in [5.41, 5.74) is 1.56. The van der Waals surface area contributed by atoms with Gasteiger partial charge in [-0.15, -0.1) is 0 Å². The maximum Gasteiger partial charge on any atom is 0.306 e. The van der Waals surface area contributed by atoms with E-state index >= 15 is 0 Å². The molecule has 0 fully saturated rings. The number of esters is 1. The first kappa shape index (κ1) is 22.2. The van der Waals surface area contributed by atoms with Gasteiger partial charge in [0.2, 0.25) is 0 Å². The van der Waals surface area contributed by atoms with E-state index in [4.69, 9.17) is 18.9 Å². The highest BCUT2D eigenvalue weighted by Crippen LogP contribution is 2.26. The van der Waals surface area contributed by atoms with E-state index in [0.29, 0.717) is 30.1 Å². The third kappa shape index (κ3) is 6.74. The van der Waals surface area contributed by atoms with E-state index in [0.717, 1.165) is 11.3 Å². The third-order valence-electron chi connectivity index (χ3n) is 4.51. The minimum absolute atomic E-state index is 0.154. The Morgan fingerprint density at radius 3 is 2.39 bits per heavy atom. The quantitative estimate of drug-likeness (QED) is 0.391. The van der Waals surface area contributed by atoms with Crippen LogP contribution in [0.4, 0.5) is 4.39 Å². The van der Waals surface area contributed by atoms with Crippen molar-refractivity contribution in [2.24, 2.45) is 0 Å². The van der Waals surface area contributed by atoms with Crippen molar-refractivity contribution in [2.75, 3.05) is 13.7 Å². The third-order valence-corrected chi connectivity index (χ3v) is 4.51. The van der Waals surface area contributed by atoms with Crippen molar-refractivity contribution >= 4 is 5.97 Å². The molecule has 3 aromatic rings. The topological polar surface area (TPSA) is 54.0 Å². The summed E-state index contributed by atoms with van der Waals surface area (Å²) in [6, 6.07) is 19.4. The zero-order chi connectivity index (χ0) is 22.1. The van der Waals surface area contributed by atoms with Crippen molar-refractivity contribution in [3.05, 3.63) is 83.7 Å². The molecule has 3 aromatic carbocycles. The Labute approximate surface area is 181 Å². The van der Waals surface area contributed by atoms with E-state index in [9.17, 15) is 9.18 Å². The summed E-state index contributed by atoms with van der Waals surface area (Å²) in [7, 11) is 1.61. The number of ether oxygens (including phenoxy) is 4. The predicted molar refractivity (Wildman–Crippen MR) is 115 cm³/mol. The summed E-state index contributed by atoms with van der Waals surface area (Å²) in [6.45, 7) is 2.29. The lowest BCUT2D eigenvalue weighted by molar-refractivity contribution is -0.143. The number of aryl methyl sites for hydroxylation is 1. The van der Waals surface area contributed by atoms with E-state index in [-0.39, 0.29) is 24.7 Å². The summed E-state index contributed by atoms with van der Waals surface area (Å²) in [5, 5.41) is 0. The molecule has 0 unspecified atom stereocenters. The first-order valence-electron chi connectivity index (χ1n) is 10.0. The second-order valence-corrected chi connectivity index (χ2v) is 6.78. The minimum atomic E-state index is -0.466. The summed E-state index contributed by atoms with van der Waals surface area (Å²) in [5.74, 6) is 1.49. The first-order valence-corrected chi connectivity index (χ1v) is 10.0. The summed E-state index contributed by atoms with van der Waals surface area (Å²) < 4.78 is 35.9. The Morgan fingerprint density at radius 2 is 1.68 bits per heavy atom. The molecule has 6 heteroatoms. The molecule has 0 aliphatic carbocycles. The van der Waals surface area contributed by atoms with Gasteiger partial charge in [0.05, 0.1) is 13.7 Å². The number of methoxy groups -OCH3 is 1. The molecular formula is C25H25FO5. The number of rotatable bonds is 10. The molecule has 0 radical (unpaired) electrons. The van der Waals surface area contributed by atoms with E-state index in [2.05, 4.69) is 0 Å². The van der Waals surface area contributed by atoms with Crippen LogP contribution in [0.15, 0.2) is 66.7 Å². The average molecular weight is 424 g/mol. The van der Waals surface area contributed by atoms with Crippen LogP contribution in [0.5, 0.6) is 23.0 Å². The van der Waals surface area contributed by atoms with Crippen LogP contribution in [-0.4, -0.2) is 19.7 Å². The maximum absolute atomic E-state index is 14.4. The lowest BCUT2D eigenvalue weighted by Crippen LogP contribution is -2.05. The van der Waals surface area contributed by atoms with Crippen LogP contribution in [0.2, 0.25) is 0 Å². The molecule has 0 aliphatic rings. The minimum Gasteiger partial charge on any atom is -0.497 e. The summed E-state index contributed by atoms with van der Waals surface area (Å²) in [6.07, 6.45) is 0.634. The second-order valence-electron chi connectivity index (χ2n) is 6.78. The molecule has 5 nitrogen and oxygen atoms in total. The van der Waals surface area contributed by atoms with Gasteiger partial charge >= 0.3 is 5.97 Å². The molecule has 162 valence electrons. The summed E-state index contributed by atoms with van der Waals surface area (Å²) >= 11 is 0. The van der Waals surface area contributed by atoms with E-state index in [1.807, 2.05) is 48.5 Å². The molecule has 0 aliphatic heterocycles. The Morgan fingerprint density at radius 1 is 0.903 bits per heavy atom. The Hall–Kier alpha value is -3.54. The fourth-order valence-corrected chi connectivity index (χ4v) is 2.94. The van der Waals surface area contributed by atoms with Crippen molar-refractivity contribution in [2.45, 2.75) is 26.4 Å².